The first-order valence-electron chi connectivity index (χ1n) is 12.4. The highest BCUT2D eigenvalue weighted by molar-refractivity contribution is 5.21. The van der Waals surface area contributed by atoms with Gasteiger partial charge in [-0.25, -0.2) is 0 Å². The van der Waals surface area contributed by atoms with Crippen LogP contribution in [0.15, 0.2) is 12.4 Å². The maximum atomic E-state index is 10.1. The number of hydrogen-bond donors (Lipinski definition) is 0. The Morgan fingerprint density at radius 3 is 2.70 bits per heavy atom. The van der Waals surface area contributed by atoms with Crippen LogP contribution in [0.2, 0.25) is 0 Å². The lowest BCUT2D eigenvalue weighted by atomic mass is 9.49. The van der Waals surface area contributed by atoms with Crippen LogP contribution in [0.25, 0.3) is 0 Å². The highest BCUT2D eigenvalue weighted by Gasteiger charge is 2.58. The first kappa shape index (κ1) is 20.1. The van der Waals surface area contributed by atoms with E-state index in [9.17, 15) is 5.26 Å². The molecule has 1 aromatic rings. The lowest BCUT2D eigenvalue weighted by Crippen LogP contribution is -2.49. The standard InChI is InChI=1S/C26H36N4/c1-17-3-5-21-19(11-17)4-6-23-22(21)9-10-26(2)24(7-8-25(23)26)20(13-28)16-30-15-18(12-27)14-29-30/h14-15,17,19-25H,3-11,16H2,1-2H3/t17-,19+,20?,21-,22?,23+,24?,25?,26+/m0/s1. The van der Waals surface area contributed by atoms with Crippen LogP contribution < -0.4 is 0 Å². The molecule has 5 rings (SSSR count). The molecule has 0 bridgehead atoms. The van der Waals surface area contributed by atoms with Crippen LogP contribution in [0.3, 0.4) is 0 Å². The molecule has 4 aliphatic carbocycles. The fourth-order valence-corrected chi connectivity index (χ4v) is 8.77. The van der Waals surface area contributed by atoms with Gasteiger partial charge in [-0.15, -0.1) is 0 Å². The summed E-state index contributed by atoms with van der Waals surface area (Å²) in [5.41, 5.74) is 0.892. The minimum Gasteiger partial charge on any atom is -0.270 e. The molecule has 160 valence electrons. The van der Waals surface area contributed by atoms with Gasteiger partial charge in [0, 0.05) is 6.20 Å². The van der Waals surface area contributed by atoms with Gasteiger partial charge < -0.3 is 0 Å². The Hall–Kier alpha value is -1.81. The summed E-state index contributed by atoms with van der Waals surface area (Å²) in [6.45, 7) is 5.61. The minimum atomic E-state index is -0.00476. The van der Waals surface area contributed by atoms with Crippen molar-refractivity contribution in [1.82, 2.24) is 9.78 Å². The van der Waals surface area contributed by atoms with E-state index in [2.05, 4.69) is 31.1 Å². The second-order valence-corrected chi connectivity index (χ2v) is 11.4. The van der Waals surface area contributed by atoms with Crippen molar-refractivity contribution in [1.29, 1.82) is 10.5 Å². The summed E-state index contributed by atoms with van der Waals surface area (Å²) in [5.74, 6) is 6.05. The Balaban J connectivity index is 1.33. The number of nitriles is 2. The molecule has 1 aromatic heterocycles. The SMILES string of the molecule is C[C@H]1CC[C@@H]2C3CC[C@]4(C)C(C(C#N)Cn5cc(C#N)cn5)CCC4[C@@H]3CC[C@@H]2C1. The lowest BCUT2D eigenvalue weighted by Gasteiger charge is -2.56. The zero-order chi connectivity index (χ0) is 20.9. The smallest absolute Gasteiger partial charge is 0.102 e. The molecule has 4 aliphatic rings. The molecule has 4 fully saturated rings. The largest absolute Gasteiger partial charge is 0.270 e. The van der Waals surface area contributed by atoms with Crippen molar-refractivity contribution in [3.05, 3.63) is 18.0 Å². The highest BCUT2D eigenvalue weighted by atomic mass is 15.3. The number of aromatic nitrogens is 2. The second-order valence-electron chi connectivity index (χ2n) is 11.4. The van der Waals surface area contributed by atoms with E-state index in [0.717, 1.165) is 35.5 Å². The van der Waals surface area contributed by atoms with Gasteiger partial charge in [0.2, 0.25) is 0 Å². The maximum absolute atomic E-state index is 10.1. The summed E-state index contributed by atoms with van der Waals surface area (Å²) in [6, 6.07) is 4.81. The lowest BCUT2D eigenvalue weighted by molar-refractivity contribution is -0.0718. The molecule has 9 atom stereocenters. The van der Waals surface area contributed by atoms with E-state index >= 15 is 0 Å². The van der Waals surface area contributed by atoms with Crippen molar-refractivity contribution in [3.8, 4) is 12.1 Å². The zero-order valence-electron chi connectivity index (χ0n) is 18.6. The summed E-state index contributed by atoms with van der Waals surface area (Å²) < 4.78 is 1.82. The summed E-state index contributed by atoms with van der Waals surface area (Å²) in [6.07, 6.45) is 15.9. The fraction of sp³-hybridized carbons (Fsp3) is 0.808. The van der Waals surface area contributed by atoms with Gasteiger partial charge in [-0.3, -0.25) is 4.68 Å². The van der Waals surface area contributed by atoms with Crippen molar-refractivity contribution in [2.24, 2.45) is 52.8 Å². The fourth-order valence-electron chi connectivity index (χ4n) is 8.77. The van der Waals surface area contributed by atoms with Crippen LogP contribution in [-0.4, -0.2) is 9.78 Å². The molecule has 0 amide bonds. The Labute approximate surface area is 181 Å². The van der Waals surface area contributed by atoms with E-state index in [1.807, 2.05) is 4.68 Å². The van der Waals surface area contributed by atoms with Crippen LogP contribution in [0.4, 0.5) is 0 Å². The van der Waals surface area contributed by atoms with Crippen LogP contribution in [0.1, 0.15) is 77.2 Å². The second kappa shape index (κ2) is 7.71. The third kappa shape index (κ3) is 3.19. The molecule has 30 heavy (non-hydrogen) atoms. The van der Waals surface area contributed by atoms with Gasteiger partial charge in [-0.2, -0.15) is 15.6 Å². The first-order valence-corrected chi connectivity index (χ1v) is 12.4. The molecule has 0 N–H and O–H groups in total. The Kier molecular flexibility index (Phi) is 5.17. The first-order chi connectivity index (χ1) is 14.5. The Morgan fingerprint density at radius 2 is 1.93 bits per heavy atom. The predicted octanol–water partition coefficient (Wildman–Crippen LogP) is 5.80. The van der Waals surface area contributed by atoms with Crippen LogP contribution in [-0.2, 0) is 6.54 Å². The molecule has 4 heteroatoms. The molecule has 4 unspecified atom stereocenters. The van der Waals surface area contributed by atoms with Crippen molar-refractivity contribution >= 4 is 0 Å². The molecular formula is C26H36N4. The van der Waals surface area contributed by atoms with E-state index in [1.54, 1.807) is 12.4 Å². The topological polar surface area (TPSA) is 65.4 Å². The minimum absolute atomic E-state index is 0.00476. The summed E-state index contributed by atoms with van der Waals surface area (Å²) in [5, 5.41) is 23.5. The monoisotopic (exact) mass is 404 g/mol. The molecule has 4 nitrogen and oxygen atoms in total. The van der Waals surface area contributed by atoms with Gasteiger partial charge in [-0.1, -0.05) is 20.3 Å². The molecule has 0 aliphatic heterocycles. The molecule has 0 spiro atoms. The summed E-state index contributed by atoms with van der Waals surface area (Å²) in [4.78, 5) is 0. The van der Waals surface area contributed by atoms with Gasteiger partial charge in [-0.05, 0) is 98.2 Å². The molecular weight excluding hydrogens is 368 g/mol. The van der Waals surface area contributed by atoms with Crippen LogP contribution >= 0.6 is 0 Å². The average molecular weight is 405 g/mol. The number of hydrogen-bond acceptors (Lipinski definition) is 3. The average Bonchev–Trinajstić information content (AvgIpc) is 3.35. The van der Waals surface area contributed by atoms with Gasteiger partial charge >= 0.3 is 0 Å². The molecule has 1 heterocycles. The van der Waals surface area contributed by atoms with Crippen LogP contribution in [0.5, 0.6) is 0 Å². The third-order valence-corrected chi connectivity index (χ3v) is 10.1. The van der Waals surface area contributed by atoms with Gasteiger partial charge in [0.1, 0.15) is 6.07 Å². The maximum Gasteiger partial charge on any atom is 0.102 e. The van der Waals surface area contributed by atoms with Crippen LogP contribution in [0, 0.1) is 75.4 Å². The number of rotatable bonds is 3. The highest BCUT2D eigenvalue weighted by Crippen LogP contribution is 2.65. The predicted molar refractivity (Wildman–Crippen MR) is 116 cm³/mol. The van der Waals surface area contributed by atoms with E-state index in [4.69, 9.17) is 5.26 Å². The van der Waals surface area contributed by atoms with Gasteiger partial charge in [0.15, 0.2) is 0 Å². The molecule has 0 saturated heterocycles. The van der Waals surface area contributed by atoms with Gasteiger partial charge in [0.05, 0.1) is 30.3 Å². The van der Waals surface area contributed by atoms with E-state index in [-0.39, 0.29) is 5.92 Å². The van der Waals surface area contributed by atoms with Crippen molar-refractivity contribution in [2.45, 2.75) is 78.2 Å². The summed E-state index contributed by atoms with van der Waals surface area (Å²) in [7, 11) is 0. The molecule has 4 saturated carbocycles. The van der Waals surface area contributed by atoms with Crippen molar-refractivity contribution in [3.63, 3.8) is 0 Å². The van der Waals surface area contributed by atoms with E-state index in [0.29, 0.717) is 23.4 Å². The third-order valence-electron chi connectivity index (χ3n) is 10.1. The number of fused-ring (bicyclic) bond motifs is 5. The number of nitrogens with zero attached hydrogens (tertiary/aromatic N) is 4. The Morgan fingerprint density at radius 1 is 1.10 bits per heavy atom. The normalized spacial score (nSPS) is 43.5. The zero-order valence-corrected chi connectivity index (χ0v) is 18.6. The summed E-state index contributed by atoms with van der Waals surface area (Å²) >= 11 is 0. The van der Waals surface area contributed by atoms with E-state index in [1.165, 1.54) is 57.8 Å². The Bertz CT molecular complexity index is 859. The van der Waals surface area contributed by atoms with Crippen molar-refractivity contribution < 1.29 is 0 Å². The molecule has 0 aromatic carbocycles. The molecule has 0 radical (unpaired) electrons. The van der Waals surface area contributed by atoms with Gasteiger partial charge in [0.25, 0.3) is 0 Å². The van der Waals surface area contributed by atoms with Crippen molar-refractivity contribution in [2.75, 3.05) is 0 Å². The van der Waals surface area contributed by atoms with E-state index < -0.39 is 0 Å². The quantitative estimate of drug-likeness (QED) is 0.639.